The molecule has 3 aliphatic rings. The van der Waals surface area contributed by atoms with Gasteiger partial charge in [-0.05, 0) is 44.3 Å². The van der Waals surface area contributed by atoms with E-state index in [4.69, 9.17) is 0 Å². The molecule has 3 fully saturated rings. The van der Waals surface area contributed by atoms with Crippen LogP contribution in [0.1, 0.15) is 31.4 Å². The highest BCUT2D eigenvalue weighted by Gasteiger charge is 2.34. The number of nitrogens with one attached hydrogen (secondary N) is 2. The minimum Gasteiger partial charge on any atom is -0.334 e. The van der Waals surface area contributed by atoms with Crippen molar-refractivity contribution in [3.63, 3.8) is 0 Å². The second-order valence-corrected chi connectivity index (χ2v) is 5.99. The molecule has 0 saturated carbocycles. The molecule has 0 radical (unpaired) electrons. The van der Waals surface area contributed by atoms with E-state index in [0.717, 1.165) is 12.1 Å². The lowest BCUT2D eigenvalue weighted by Gasteiger charge is -2.44. The molecule has 2 amide bonds. The van der Waals surface area contributed by atoms with Crippen LogP contribution in [0.4, 0.5) is 4.79 Å². The van der Waals surface area contributed by atoms with Gasteiger partial charge in [0.25, 0.3) is 0 Å². The first-order valence-corrected chi connectivity index (χ1v) is 7.56. The van der Waals surface area contributed by atoms with Crippen LogP contribution in [0.2, 0.25) is 0 Å². The number of benzene rings is 1. The van der Waals surface area contributed by atoms with Crippen molar-refractivity contribution in [2.45, 2.75) is 31.8 Å². The van der Waals surface area contributed by atoms with Gasteiger partial charge in [-0.25, -0.2) is 4.79 Å². The van der Waals surface area contributed by atoms with Gasteiger partial charge in [-0.15, -0.1) is 0 Å². The average Bonchev–Trinajstić information content (AvgIpc) is 2.49. The predicted octanol–water partition coefficient (Wildman–Crippen LogP) is 2.14. The van der Waals surface area contributed by atoms with E-state index in [1.807, 2.05) is 37.3 Å². The number of carbonyl (C=O) groups is 1. The molecule has 0 spiro atoms. The van der Waals surface area contributed by atoms with E-state index in [-0.39, 0.29) is 12.1 Å². The molecule has 0 aliphatic carbocycles. The van der Waals surface area contributed by atoms with Gasteiger partial charge in [0, 0.05) is 12.6 Å². The van der Waals surface area contributed by atoms with Crippen molar-refractivity contribution in [3.05, 3.63) is 35.9 Å². The van der Waals surface area contributed by atoms with Crippen LogP contribution < -0.4 is 10.6 Å². The Bertz CT molecular complexity index is 454. The second kappa shape index (κ2) is 5.83. The maximum absolute atomic E-state index is 12.1. The molecule has 2 N–H and O–H groups in total. The van der Waals surface area contributed by atoms with E-state index in [2.05, 4.69) is 15.5 Å². The van der Waals surface area contributed by atoms with Crippen LogP contribution in [-0.4, -0.2) is 36.6 Å². The fraction of sp³-hybridized carbons (Fsp3) is 0.562. The van der Waals surface area contributed by atoms with Gasteiger partial charge in [0.05, 0.1) is 6.04 Å². The Morgan fingerprint density at radius 1 is 1.25 bits per heavy atom. The highest BCUT2D eigenvalue weighted by atomic mass is 16.2. The number of urea groups is 1. The molecule has 20 heavy (non-hydrogen) atoms. The third kappa shape index (κ3) is 2.96. The van der Waals surface area contributed by atoms with Crippen molar-refractivity contribution in [2.75, 3.05) is 19.6 Å². The lowest BCUT2D eigenvalue weighted by Crippen LogP contribution is -2.58. The first-order valence-electron chi connectivity index (χ1n) is 7.56. The third-order valence-corrected chi connectivity index (χ3v) is 4.62. The smallest absolute Gasteiger partial charge is 0.315 e. The average molecular weight is 273 g/mol. The lowest BCUT2D eigenvalue weighted by atomic mass is 9.84. The summed E-state index contributed by atoms with van der Waals surface area (Å²) in [6.07, 6.45) is 2.44. The van der Waals surface area contributed by atoms with E-state index in [1.165, 1.54) is 25.9 Å². The van der Waals surface area contributed by atoms with E-state index in [9.17, 15) is 4.79 Å². The van der Waals surface area contributed by atoms with Crippen LogP contribution >= 0.6 is 0 Å². The molecular weight excluding hydrogens is 250 g/mol. The zero-order valence-electron chi connectivity index (χ0n) is 12.0. The number of nitrogens with zero attached hydrogens (tertiary/aromatic N) is 1. The van der Waals surface area contributed by atoms with E-state index >= 15 is 0 Å². The highest BCUT2D eigenvalue weighted by molar-refractivity contribution is 5.74. The van der Waals surface area contributed by atoms with Crippen LogP contribution in [-0.2, 0) is 0 Å². The van der Waals surface area contributed by atoms with Gasteiger partial charge in [0.2, 0.25) is 0 Å². The van der Waals surface area contributed by atoms with E-state index in [1.54, 1.807) is 0 Å². The summed E-state index contributed by atoms with van der Waals surface area (Å²) < 4.78 is 0. The van der Waals surface area contributed by atoms with Gasteiger partial charge in [0.1, 0.15) is 0 Å². The Hall–Kier alpha value is -1.55. The molecule has 2 atom stereocenters. The van der Waals surface area contributed by atoms with Crippen molar-refractivity contribution < 1.29 is 4.79 Å². The summed E-state index contributed by atoms with van der Waals surface area (Å²) in [6, 6.07) is 10.4. The molecule has 108 valence electrons. The predicted molar refractivity (Wildman–Crippen MR) is 79.5 cm³/mol. The number of piperidine rings is 3. The molecule has 4 heteroatoms. The van der Waals surface area contributed by atoms with Gasteiger partial charge < -0.3 is 15.5 Å². The fourth-order valence-electron chi connectivity index (χ4n) is 3.36. The topological polar surface area (TPSA) is 44.4 Å². The molecule has 1 aromatic rings. The molecule has 0 aromatic heterocycles. The first kappa shape index (κ1) is 13.4. The maximum atomic E-state index is 12.1. The number of fused-ring (bicyclic) bond motifs is 3. The zero-order chi connectivity index (χ0) is 13.9. The number of hydrogen-bond donors (Lipinski definition) is 2. The first-order chi connectivity index (χ1) is 9.72. The molecule has 3 aliphatic heterocycles. The van der Waals surface area contributed by atoms with Crippen molar-refractivity contribution in [2.24, 2.45) is 5.92 Å². The summed E-state index contributed by atoms with van der Waals surface area (Å²) in [6.45, 7) is 5.43. The van der Waals surface area contributed by atoms with Crippen LogP contribution in [0.5, 0.6) is 0 Å². The monoisotopic (exact) mass is 273 g/mol. The molecule has 2 bridgehead atoms. The van der Waals surface area contributed by atoms with Crippen LogP contribution in [0.25, 0.3) is 0 Å². The minimum atomic E-state index is -0.0416. The maximum Gasteiger partial charge on any atom is 0.315 e. The summed E-state index contributed by atoms with van der Waals surface area (Å²) in [7, 11) is 0. The molecule has 4 rings (SSSR count). The number of amides is 2. The summed E-state index contributed by atoms with van der Waals surface area (Å²) in [4.78, 5) is 14.6. The normalized spacial score (nSPS) is 29.8. The summed E-state index contributed by atoms with van der Waals surface area (Å²) >= 11 is 0. The van der Waals surface area contributed by atoms with Crippen LogP contribution in [0.3, 0.4) is 0 Å². The van der Waals surface area contributed by atoms with Gasteiger partial charge in [-0.3, -0.25) is 0 Å². The lowest BCUT2D eigenvalue weighted by molar-refractivity contribution is 0.0764. The van der Waals surface area contributed by atoms with E-state index < -0.39 is 0 Å². The van der Waals surface area contributed by atoms with Crippen molar-refractivity contribution in [1.82, 2.24) is 15.5 Å². The minimum absolute atomic E-state index is 0.0392. The SMILES string of the molecule is C[C@@H](NC(=O)NC1CN2CCC1CC2)c1ccccc1. The number of carbonyl (C=O) groups excluding carboxylic acids is 1. The van der Waals surface area contributed by atoms with Crippen LogP contribution in [0, 0.1) is 5.92 Å². The Labute approximate surface area is 120 Å². The molecule has 3 heterocycles. The van der Waals surface area contributed by atoms with Gasteiger partial charge >= 0.3 is 6.03 Å². The molecular formula is C16H23N3O. The Kier molecular flexibility index (Phi) is 3.92. The zero-order valence-corrected chi connectivity index (χ0v) is 12.0. The number of rotatable bonds is 3. The van der Waals surface area contributed by atoms with E-state index in [0.29, 0.717) is 12.0 Å². The summed E-state index contributed by atoms with van der Waals surface area (Å²) in [5, 5.41) is 6.19. The Morgan fingerprint density at radius 2 is 1.95 bits per heavy atom. The Morgan fingerprint density at radius 3 is 2.55 bits per heavy atom. The molecule has 3 saturated heterocycles. The molecule has 1 unspecified atom stereocenters. The summed E-state index contributed by atoms with van der Waals surface area (Å²) in [5.41, 5.74) is 1.14. The Balaban J connectivity index is 1.52. The van der Waals surface area contributed by atoms with Crippen molar-refractivity contribution in [1.29, 1.82) is 0 Å². The summed E-state index contributed by atoms with van der Waals surface area (Å²) in [5.74, 6) is 0.665. The molecule has 1 aromatic carbocycles. The van der Waals surface area contributed by atoms with Gasteiger partial charge in [-0.2, -0.15) is 0 Å². The van der Waals surface area contributed by atoms with Gasteiger partial charge in [0.15, 0.2) is 0 Å². The second-order valence-electron chi connectivity index (χ2n) is 5.99. The highest BCUT2D eigenvalue weighted by Crippen LogP contribution is 2.27. The van der Waals surface area contributed by atoms with Crippen molar-refractivity contribution >= 4 is 6.03 Å². The van der Waals surface area contributed by atoms with Crippen molar-refractivity contribution in [3.8, 4) is 0 Å². The van der Waals surface area contributed by atoms with Crippen LogP contribution in [0.15, 0.2) is 30.3 Å². The molecule has 4 nitrogen and oxygen atoms in total. The third-order valence-electron chi connectivity index (χ3n) is 4.62. The standard InChI is InChI=1S/C16H23N3O/c1-12(13-5-3-2-4-6-13)17-16(20)18-15-11-19-9-7-14(15)8-10-19/h2-6,12,14-15H,7-11H2,1H3,(H2,17,18,20)/t12-,15?/m1/s1. The fourth-order valence-corrected chi connectivity index (χ4v) is 3.36. The van der Waals surface area contributed by atoms with Gasteiger partial charge in [-0.1, -0.05) is 30.3 Å². The number of hydrogen-bond acceptors (Lipinski definition) is 2. The quantitative estimate of drug-likeness (QED) is 0.886. The largest absolute Gasteiger partial charge is 0.334 e.